The van der Waals surface area contributed by atoms with Crippen LogP contribution in [0.15, 0.2) is 28.7 Å². The minimum absolute atomic E-state index is 0.102. The third-order valence-corrected chi connectivity index (χ3v) is 5.84. The Morgan fingerprint density at radius 2 is 1.85 bits per heavy atom. The minimum atomic E-state index is -3.33. The fourth-order valence-corrected chi connectivity index (χ4v) is 3.39. The van der Waals surface area contributed by atoms with Gasteiger partial charge < -0.3 is 9.32 Å². The lowest BCUT2D eigenvalue weighted by molar-refractivity contribution is 0.0727. The molecule has 2 heterocycles. The molecule has 1 amide bonds. The number of carbonyl (C=O) groups is 1. The largest absolute Gasteiger partial charge is 0.445 e. The van der Waals surface area contributed by atoms with Crippen LogP contribution in [0.3, 0.4) is 0 Å². The van der Waals surface area contributed by atoms with Crippen molar-refractivity contribution in [2.45, 2.75) is 39.2 Å². The maximum absolute atomic E-state index is 12.8. The van der Waals surface area contributed by atoms with Gasteiger partial charge in [0.2, 0.25) is 10.0 Å². The first-order chi connectivity index (χ1) is 12.5. The number of carbonyl (C=O) groups excluding carboxylic acids is 1. The summed E-state index contributed by atoms with van der Waals surface area (Å²) >= 11 is 0. The highest BCUT2D eigenvalue weighted by atomic mass is 32.2. The molecule has 3 rings (SSSR count). The van der Waals surface area contributed by atoms with Gasteiger partial charge in [0.25, 0.3) is 5.91 Å². The first kappa shape index (κ1) is 19.4. The Morgan fingerprint density at radius 3 is 2.41 bits per heavy atom. The van der Waals surface area contributed by atoms with Gasteiger partial charge in [0.15, 0.2) is 5.89 Å². The first-order valence-corrected chi connectivity index (χ1v) is 10.6. The van der Waals surface area contributed by atoms with Crippen molar-refractivity contribution in [2.75, 3.05) is 24.2 Å². The Labute approximate surface area is 160 Å². The van der Waals surface area contributed by atoms with Gasteiger partial charge in [-0.15, -0.1) is 0 Å². The van der Waals surface area contributed by atoms with Gasteiger partial charge in [-0.05, 0) is 24.3 Å². The van der Waals surface area contributed by atoms with Crippen LogP contribution in [0.2, 0.25) is 0 Å². The van der Waals surface area contributed by atoms with Gasteiger partial charge in [-0.1, -0.05) is 20.8 Å². The first-order valence-electron chi connectivity index (χ1n) is 8.79. The molecule has 1 aliphatic heterocycles. The van der Waals surface area contributed by atoms with E-state index in [0.29, 0.717) is 36.7 Å². The molecule has 0 fully saturated rings. The second-order valence-corrected chi connectivity index (χ2v) is 9.91. The van der Waals surface area contributed by atoms with Crippen LogP contribution < -0.4 is 4.31 Å². The number of amides is 1. The van der Waals surface area contributed by atoms with Gasteiger partial charge in [0, 0.05) is 31.0 Å². The molecule has 0 N–H and O–H groups in total. The molecule has 0 aliphatic carbocycles. The van der Waals surface area contributed by atoms with Gasteiger partial charge in [-0.2, -0.15) is 0 Å². The minimum Gasteiger partial charge on any atom is -0.445 e. The monoisotopic (exact) mass is 391 g/mol. The Hall–Kier alpha value is -2.35. The Balaban J connectivity index is 1.76. The van der Waals surface area contributed by atoms with E-state index in [0.717, 1.165) is 17.7 Å². The molecule has 0 bridgehead atoms. The molecule has 2 aromatic rings. The summed E-state index contributed by atoms with van der Waals surface area (Å²) in [6.45, 7) is 7.11. The van der Waals surface area contributed by atoms with Gasteiger partial charge in [-0.3, -0.25) is 9.10 Å². The average Bonchev–Trinajstić information content (AvgIpc) is 3.03. The highest BCUT2D eigenvalue weighted by Gasteiger charge is 2.29. The van der Waals surface area contributed by atoms with E-state index in [4.69, 9.17) is 4.42 Å². The molecular weight excluding hydrogens is 366 g/mol. The molecule has 0 saturated carbocycles. The maximum atomic E-state index is 12.8. The van der Waals surface area contributed by atoms with Crippen LogP contribution in [0, 0.1) is 0 Å². The zero-order valence-corrected chi connectivity index (χ0v) is 17.1. The predicted molar refractivity (Wildman–Crippen MR) is 103 cm³/mol. The number of hydrogen-bond donors (Lipinski definition) is 0. The van der Waals surface area contributed by atoms with E-state index in [1.807, 2.05) is 20.8 Å². The number of nitrogens with zero attached hydrogens (tertiary/aromatic N) is 3. The van der Waals surface area contributed by atoms with Crippen LogP contribution in [0.5, 0.6) is 0 Å². The summed E-state index contributed by atoms with van der Waals surface area (Å²) in [6, 6.07) is 6.57. The third kappa shape index (κ3) is 4.00. The van der Waals surface area contributed by atoms with Crippen LogP contribution in [0.4, 0.5) is 5.69 Å². The van der Waals surface area contributed by atoms with Crippen LogP contribution >= 0.6 is 0 Å². The van der Waals surface area contributed by atoms with E-state index < -0.39 is 10.0 Å². The molecule has 0 radical (unpaired) electrons. The zero-order valence-electron chi connectivity index (χ0n) is 16.3. The number of sulfonamides is 1. The standard InChI is InChI=1S/C19H25N3O4S/c1-19(2,3)18-20-15-12-22(11-10-16(15)26-18)17(23)13-6-8-14(9-7-13)21(4)27(5,24)25/h6-9H,10-12H2,1-5H3. The molecule has 7 nitrogen and oxygen atoms in total. The number of oxazole rings is 1. The average molecular weight is 391 g/mol. The lowest BCUT2D eigenvalue weighted by atomic mass is 9.97. The second-order valence-electron chi connectivity index (χ2n) is 7.89. The molecule has 1 aliphatic rings. The van der Waals surface area contributed by atoms with Crippen LogP contribution in [-0.2, 0) is 28.4 Å². The number of anilines is 1. The Kier molecular flexibility index (Phi) is 4.80. The number of benzene rings is 1. The predicted octanol–water partition coefficient (Wildman–Crippen LogP) is 2.57. The summed E-state index contributed by atoms with van der Waals surface area (Å²) < 4.78 is 30.3. The highest BCUT2D eigenvalue weighted by Crippen LogP contribution is 2.28. The lowest BCUT2D eigenvalue weighted by Crippen LogP contribution is -2.35. The van der Waals surface area contributed by atoms with Crippen molar-refractivity contribution in [2.24, 2.45) is 0 Å². The summed E-state index contributed by atoms with van der Waals surface area (Å²) in [5.41, 5.74) is 1.67. The van der Waals surface area contributed by atoms with Gasteiger partial charge >= 0.3 is 0 Å². The molecular formula is C19H25N3O4S. The molecule has 1 aromatic heterocycles. The Bertz CT molecular complexity index is 956. The van der Waals surface area contributed by atoms with Gasteiger partial charge in [0.1, 0.15) is 11.5 Å². The topological polar surface area (TPSA) is 83.7 Å². The molecule has 1 aromatic carbocycles. The Morgan fingerprint density at radius 1 is 1.22 bits per heavy atom. The second kappa shape index (κ2) is 6.67. The lowest BCUT2D eigenvalue weighted by Gasteiger charge is -2.25. The van der Waals surface area contributed by atoms with Crippen molar-refractivity contribution in [3.63, 3.8) is 0 Å². The van der Waals surface area contributed by atoms with Crippen molar-refractivity contribution >= 4 is 21.6 Å². The van der Waals surface area contributed by atoms with Crippen LogP contribution in [-0.4, -0.2) is 44.1 Å². The normalized spacial score (nSPS) is 14.8. The summed E-state index contributed by atoms with van der Waals surface area (Å²) in [5.74, 6) is 1.44. The number of aromatic nitrogens is 1. The van der Waals surface area contributed by atoms with E-state index in [1.165, 1.54) is 11.4 Å². The highest BCUT2D eigenvalue weighted by molar-refractivity contribution is 7.92. The summed E-state index contributed by atoms with van der Waals surface area (Å²) in [7, 11) is -1.85. The molecule has 0 saturated heterocycles. The molecule has 27 heavy (non-hydrogen) atoms. The van der Waals surface area contributed by atoms with Crippen molar-refractivity contribution < 1.29 is 17.6 Å². The molecule has 0 spiro atoms. The van der Waals surface area contributed by atoms with Crippen molar-refractivity contribution in [1.29, 1.82) is 0 Å². The number of fused-ring (bicyclic) bond motifs is 1. The van der Waals surface area contributed by atoms with Gasteiger partial charge in [-0.25, -0.2) is 13.4 Å². The maximum Gasteiger partial charge on any atom is 0.254 e. The summed E-state index contributed by atoms with van der Waals surface area (Å²) in [6.07, 6.45) is 1.78. The molecule has 146 valence electrons. The SMILES string of the molecule is CN(c1ccc(C(=O)N2CCc3oc(C(C)(C)C)nc3C2)cc1)S(C)(=O)=O. The van der Waals surface area contributed by atoms with Gasteiger partial charge in [0.05, 0.1) is 18.5 Å². The summed E-state index contributed by atoms with van der Waals surface area (Å²) in [5, 5.41) is 0. The smallest absolute Gasteiger partial charge is 0.254 e. The zero-order chi connectivity index (χ0) is 20.0. The van der Waals surface area contributed by atoms with Crippen molar-refractivity contribution in [1.82, 2.24) is 9.88 Å². The van der Waals surface area contributed by atoms with E-state index in [2.05, 4.69) is 4.98 Å². The molecule has 0 atom stereocenters. The van der Waals surface area contributed by atoms with E-state index in [1.54, 1.807) is 29.2 Å². The van der Waals surface area contributed by atoms with E-state index in [9.17, 15) is 13.2 Å². The third-order valence-electron chi connectivity index (χ3n) is 4.63. The number of hydrogen-bond acceptors (Lipinski definition) is 5. The summed E-state index contributed by atoms with van der Waals surface area (Å²) in [4.78, 5) is 19.1. The van der Waals surface area contributed by atoms with E-state index >= 15 is 0 Å². The molecule has 0 unspecified atom stereocenters. The quantitative estimate of drug-likeness (QED) is 0.803. The molecule has 8 heteroatoms. The number of rotatable bonds is 3. The van der Waals surface area contributed by atoms with Crippen LogP contribution in [0.25, 0.3) is 0 Å². The van der Waals surface area contributed by atoms with Crippen LogP contribution in [0.1, 0.15) is 48.5 Å². The van der Waals surface area contributed by atoms with E-state index in [-0.39, 0.29) is 11.3 Å². The van der Waals surface area contributed by atoms with Crippen molar-refractivity contribution in [3.05, 3.63) is 47.2 Å². The fourth-order valence-electron chi connectivity index (χ4n) is 2.88. The van der Waals surface area contributed by atoms with Crippen molar-refractivity contribution in [3.8, 4) is 0 Å². The fraction of sp³-hybridized carbons (Fsp3) is 0.474.